The van der Waals surface area contributed by atoms with E-state index in [4.69, 9.17) is 0 Å². The molecule has 1 aromatic heterocycles. The van der Waals surface area contributed by atoms with E-state index in [0.717, 1.165) is 12.1 Å². The van der Waals surface area contributed by atoms with E-state index in [0.29, 0.717) is 18.5 Å². The summed E-state index contributed by atoms with van der Waals surface area (Å²) in [5, 5.41) is 3.33. The third kappa shape index (κ3) is 3.84. The van der Waals surface area contributed by atoms with E-state index in [9.17, 15) is 8.78 Å². The van der Waals surface area contributed by atoms with Gasteiger partial charge in [0, 0.05) is 6.04 Å². The maximum Gasteiger partial charge on any atom is 0.141 e. The minimum atomic E-state index is -0.338. The molecule has 2 aromatic rings. The lowest BCUT2D eigenvalue weighted by Crippen LogP contribution is -2.24. The number of pyridine rings is 1. The standard InChI is InChI=1S/C16H18F2N2/c1-2-15(16-8-7-13(17)11-20-16)19-10-9-12-5-3-4-6-14(12)18/h3-8,11,15,19H,2,9-10H2,1H3. The quantitative estimate of drug-likeness (QED) is 0.871. The van der Waals surface area contributed by atoms with Crippen LogP contribution in [-0.4, -0.2) is 11.5 Å². The highest BCUT2D eigenvalue weighted by Gasteiger charge is 2.10. The van der Waals surface area contributed by atoms with Crippen LogP contribution in [0.5, 0.6) is 0 Å². The Morgan fingerprint density at radius 3 is 2.60 bits per heavy atom. The Labute approximate surface area is 117 Å². The highest BCUT2D eigenvalue weighted by molar-refractivity contribution is 5.17. The van der Waals surface area contributed by atoms with Crippen molar-refractivity contribution >= 4 is 0 Å². The maximum absolute atomic E-state index is 13.5. The summed E-state index contributed by atoms with van der Waals surface area (Å²) in [5.41, 5.74) is 1.50. The van der Waals surface area contributed by atoms with Gasteiger partial charge in [-0.1, -0.05) is 25.1 Å². The van der Waals surface area contributed by atoms with E-state index in [-0.39, 0.29) is 17.7 Å². The predicted octanol–water partition coefficient (Wildman–Crippen LogP) is 3.64. The number of nitrogens with zero attached hydrogens (tertiary/aromatic N) is 1. The zero-order valence-corrected chi connectivity index (χ0v) is 11.4. The summed E-state index contributed by atoms with van der Waals surface area (Å²) < 4.78 is 26.3. The van der Waals surface area contributed by atoms with Gasteiger partial charge in [0.2, 0.25) is 0 Å². The Kier molecular flexibility index (Phi) is 5.18. The predicted molar refractivity (Wildman–Crippen MR) is 75.3 cm³/mol. The molecule has 0 saturated carbocycles. The molecule has 0 aliphatic rings. The summed E-state index contributed by atoms with van der Waals surface area (Å²) in [4.78, 5) is 4.08. The van der Waals surface area contributed by atoms with Crippen LogP contribution in [0.1, 0.15) is 30.6 Å². The van der Waals surface area contributed by atoms with Crippen LogP contribution in [0.3, 0.4) is 0 Å². The van der Waals surface area contributed by atoms with Crippen molar-refractivity contribution in [1.82, 2.24) is 10.3 Å². The molecular weight excluding hydrogens is 258 g/mol. The molecule has 1 heterocycles. The van der Waals surface area contributed by atoms with Crippen LogP contribution in [0.2, 0.25) is 0 Å². The highest BCUT2D eigenvalue weighted by Crippen LogP contribution is 2.14. The molecule has 2 nitrogen and oxygen atoms in total. The number of nitrogens with one attached hydrogen (secondary N) is 1. The fourth-order valence-electron chi connectivity index (χ4n) is 2.13. The smallest absolute Gasteiger partial charge is 0.141 e. The van der Waals surface area contributed by atoms with Crippen molar-refractivity contribution in [2.45, 2.75) is 25.8 Å². The molecule has 1 N–H and O–H groups in total. The Hall–Kier alpha value is -1.81. The zero-order valence-electron chi connectivity index (χ0n) is 11.4. The highest BCUT2D eigenvalue weighted by atomic mass is 19.1. The van der Waals surface area contributed by atoms with Gasteiger partial charge in [-0.3, -0.25) is 4.98 Å². The van der Waals surface area contributed by atoms with Gasteiger partial charge in [-0.15, -0.1) is 0 Å². The molecular formula is C16H18F2N2. The minimum absolute atomic E-state index is 0.0578. The van der Waals surface area contributed by atoms with E-state index < -0.39 is 0 Å². The second-order valence-corrected chi connectivity index (χ2v) is 4.66. The first-order valence-electron chi connectivity index (χ1n) is 6.79. The number of benzene rings is 1. The van der Waals surface area contributed by atoms with E-state index in [2.05, 4.69) is 10.3 Å². The van der Waals surface area contributed by atoms with Crippen molar-refractivity contribution < 1.29 is 8.78 Å². The van der Waals surface area contributed by atoms with Crippen LogP contribution in [0, 0.1) is 11.6 Å². The third-order valence-electron chi connectivity index (χ3n) is 3.26. The summed E-state index contributed by atoms with van der Waals surface area (Å²) in [6.07, 6.45) is 2.68. The molecule has 0 aliphatic carbocycles. The Morgan fingerprint density at radius 1 is 1.15 bits per heavy atom. The summed E-state index contributed by atoms with van der Waals surface area (Å²) in [6, 6.07) is 9.91. The molecule has 106 valence electrons. The fraction of sp³-hybridized carbons (Fsp3) is 0.312. The van der Waals surface area contributed by atoms with E-state index in [1.807, 2.05) is 13.0 Å². The SMILES string of the molecule is CCC(NCCc1ccccc1F)c1ccc(F)cn1. The number of rotatable bonds is 6. The molecule has 2 rings (SSSR count). The number of halogens is 2. The van der Waals surface area contributed by atoms with Gasteiger partial charge in [0.25, 0.3) is 0 Å². The van der Waals surface area contributed by atoms with Gasteiger partial charge < -0.3 is 5.32 Å². The van der Waals surface area contributed by atoms with Crippen LogP contribution < -0.4 is 5.32 Å². The van der Waals surface area contributed by atoms with Crippen molar-refractivity contribution in [1.29, 1.82) is 0 Å². The van der Waals surface area contributed by atoms with E-state index in [1.54, 1.807) is 18.2 Å². The van der Waals surface area contributed by atoms with Crippen molar-refractivity contribution in [3.05, 3.63) is 65.5 Å². The van der Waals surface area contributed by atoms with Crippen LogP contribution in [-0.2, 0) is 6.42 Å². The first-order chi connectivity index (χ1) is 9.70. The molecule has 0 spiro atoms. The van der Waals surface area contributed by atoms with E-state index >= 15 is 0 Å². The molecule has 20 heavy (non-hydrogen) atoms. The van der Waals surface area contributed by atoms with Gasteiger partial charge in [-0.05, 0) is 43.1 Å². The normalized spacial score (nSPS) is 12.3. The van der Waals surface area contributed by atoms with Gasteiger partial charge in [-0.25, -0.2) is 8.78 Å². The van der Waals surface area contributed by atoms with Gasteiger partial charge >= 0.3 is 0 Å². The molecule has 1 aromatic carbocycles. The van der Waals surface area contributed by atoms with Crippen molar-refractivity contribution in [3.63, 3.8) is 0 Å². The molecule has 0 fully saturated rings. The molecule has 0 amide bonds. The summed E-state index contributed by atoms with van der Waals surface area (Å²) in [5.74, 6) is -0.516. The van der Waals surface area contributed by atoms with Gasteiger partial charge in [-0.2, -0.15) is 0 Å². The topological polar surface area (TPSA) is 24.9 Å². The van der Waals surface area contributed by atoms with Crippen LogP contribution in [0.25, 0.3) is 0 Å². The van der Waals surface area contributed by atoms with Crippen LogP contribution in [0.4, 0.5) is 8.78 Å². The molecule has 1 atom stereocenters. The second-order valence-electron chi connectivity index (χ2n) is 4.66. The Balaban J connectivity index is 1.91. The maximum atomic E-state index is 13.5. The van der Waals surface area contributed by atoms with Crippen LogP contribution in [0.15, 0.2) is 42.6 Å². The average molecular weight is 276 g/mol. The molecule has 1 unspecified atom stereocenters. The second kappa shape index (κ2) is 7.10. The lowest BCUT2D eigenvalue weighted by molar-refractivity contribution is 0.503. The van der Waals surface area contributed by atoms with Crippen molar-refractivity contribution in [3.8, 4) is 0 Å². The lowest BCUT2D eigenvalue weighted by Gasteiger charge is -2.16. The fourth-order valence-corrected chi connectivity index (χ4v) is 2.13. The van der Waals surface area contributed by atoms with Gasteiger partial charge in [0.05, 0.1) is 11.9 Å². The van der Waals surface area contributed by atoms with Crippen molar-refractivity contribution in [2.75, 3.05) is 6.54 Å². The zero-order chi connectivity index (χ0) is 14.4. The molecule has 0 radical (unpaired) electrons. The summed E-state index contributed by atoms with van der Waals surface area (Å²) in [7, 11) is 0. The molecule has 4 heteroatoms. The van der Waals surface area contributed by atoms with Gasteiger partial charge in [0.15, 0.2) is 0 Å². The lowest BCUT2D eigenvalue weighted by atomic mass is 10.1. The summed E-state index contributed by atoms with van der Waals surface area (Å²) in [6.45, 7) is 2.68. The number of hydrogen-bond donors (Lipinski definition) is 1. The first kappa shape index (κ1) is 14.6. The average Bonchev–Trinajstić information content (AvgIpc) is 2.47. The van der Waals surface area contributed by atoms with Crippen molar-refractivity contribution in [2.24, 2.45) is 0 Å². The molecule has 0 saturated heterocycles. The largest absolute Gasteiger partial charge is 0.308 e. The minimum Gasteiger partial charge on any atom is -0.308 e. The molecule has 0 bridgehead atoms. The van der Waals surface area contributed by atoms with Crippen LogP contribution >= 0.6 is 0 Å². The number of hydrogen-bond acceptors (Lipinski definition) is 2. The van der Waals surface area contributed by atoms with Gasteiger partial charge in [0.1, 0.15) is 11.6 Å². The Morgan fingerprint density at radius 2 is 1.95 bits per heavy atom. The third-order valence-corrected chi connectivity index (χ3v) is 3.26. The first-order valence-corrected chi connectivity index (χ1v) is 6.79. The monoisotopic (exact) mass is 276 g/mol. The van der Waals surface area contributed by atoms with E-state index in [1.165, 1.54) is 18.3 Å². The summed E-state index contributed by atoms with van der Waals surface area (Å²) >= 11 is 0. The number of aromatic nitrogens is 1. The Bertz CT molecular complexity index is 540. The molecule has 0 aliphatic heterocycles.